The van der Waals surface area contributed by atoms with Crippen molar-refractivity contribution in [2.75, 3.05) is 4.90 Å². The van der Waals surface area contributed by atoms with Crippen LogP contribution >= 0.6 is 11.3 Å². The summed E-state index contributed by atoms with van der Waals surface area (Å²) in [5.74, 6) is -0.121. The van der Waals surface area contributed by atoms with Crippen LogP contribution in [0.2, 0.25) is 0 Å². The lowest BCUT2D eigenvalue weighted by Crippen LogP contribution is -2.32. The van der Waals surface area contributed by atoms with Crippen LogP contribution in [0.15, 0.2) is 48.7 Å². The maximum absolute atomic E-state index is 13.7. The van der Waals surface area contributed by atoms with Crippen molar-refractivity contribution < 1.29 is 4.79 Å². The van der Waals surface area contributed by atoms with E-state index in [0.717, 1.165) is 28.0 Å². The standard InChI is InChI=1S/C23H25N5OS/c1-5-17-9-10-19-21(13-17)30-23(25-19)27(14-18-8-6-7-11-24-18)22(29)20-12-16(4)26-28(20)15(2)3/h6-13,15H,5,14H2,1-4H3. The number of hydrogen-bond acceptors (Lipinski definition) is 5. The Morgan fingerprint density at radius 3 is 2.73 bits per heavy atom. The smallest absolute Gasteiger partial charge is 0.277 e. The minimum atomic E-state index is -0.121. The minimum Gasteiger partial charge on any atom is -0.277 e. The van der Waals surface area contributed by atoms with E-state index in [1.165, 1.54) is 16.9 Å². The molecule has 0 aliphatic carbocycles. The zero-order chi connectivity index (χ0) is 21.3. The fourth-order valence-electron chi connectivity index (χ4n) is 3.38. The van der Waals surface area contributed by atoms with E-state index in [1.807, 2.05) is 51.1 Å². The number of carbonyl (C=O) groups is 1. The van der Waals surface area contributed by atoms with Gasteiger partial charge >= 0.3 is 0 Å². The van der Waals surface area contributed by atoms with Crippen molar-refractivity contribution in [2.24, 2.45) is 0 Å². The molecule has 0 aliphatic heterocycles. The molecule has 0 radical (unpaired) electrons. The van der Waals surface area contributed by atoms with E-state index in [4.69, 9.17) is 4.98 Å². The van der Waals surface area contributed by atoms with E-state index in [-0.39, 0.29) is 11.9 Å². The molecule has 0 spiro atoms. The number of anilines is 1. The summed E-state index contributed by atoms with van der Waals surface area (Å²) >= 11 is 1.53. The predicted molar refractivity (Wildman–Crippen MR) is 121 cm³/mol. The van der Waals surface area contributed by atoms with E-state index in [1.54, 1.807) is 15.8 Å². The number of pyridine rings is 1. The number of thiazole rings is 1. The number of nitrogens with zero attached hydrogens (tertiary/aromatic N) is 5. The van der Waals surface area contributed by atoms with Crippen molar-refractivity contribution in [3.05, 3.63) is 71.3 Å². The zero-order valence-electron chi connectivity index (χ0n) is 17.7. The second-order valence-electron chi connectivity index (χ2n) is 7.57. The first-order valence-electron chi connectivity index (χ1n) is 10.1. The third-order valence-electron chi connectivity index (χ3n) is 4.94. The molecule has 0 atom stereocenters. The Morgan fingerprint density at radius 1 is 1.20 bits per heavy atom. The van der Waals surface area contributed by atoms with Crippen LogP contribution in [0.4, 0.5) is 5.13 Å². The van der Waals surface area contributed by atoms with Gasteiger partial charge in [0.05, 0.1) is 28.1 Å². The molecule has 1 aromatic carbocycles. The zero-order valence-corrected chi connectivity index (χ0v) is 18.5. The summed E-state index contributed by atoms with van der Waals surface area (Å²) in [5, 5.41) is 5.19. The second-order valence-corrected chi connectivity index (χ2v) is 8.58. The van der Waals surface area contributed by atoms with E-state index in [2.05, 4.69) is 29.1 Å². The third kappa shape index (κ3) is 3.98. The Morgan fingerprint density at radius 2 is 2.03 bits per heavy atom. The Labute approximate surface area is 180 Å². The van der Waals surface area contributed by atoms with Gasteiger partial charge in [-0.05, 0) is 63.1 Å². The molecule has 30 heavy (non-hydrogen) atoms. The molecule has 0 fully saturated rings. The van der Waals surface area contributed by atoms with Gasteiger partial charge in [-0.25, -0.2) is 4.98 Å². The summed E-state index contributed by atoms with van der Waals surface area (Å²) in [5.41, 5.74) is 4.36. The first-order valence-corrected chi connectivity index (χ1v) is 10.9. The maximum Gasteiger partial charge on any atom is 0.278 e. The molecular formula is C23H25N5OS. The largest absolute Gasteiger partial charge is 0.278 e. The molecule has 1 amide bonds. The number of aromatic nitrogens is 4. The summed E-state index contributed by atoms with van der Waals surface area (Å²) in [6.45, 7) is 8.44. The predicted octanol–water partition coefficient (Wildman–Crippen LogP) is 5.19. The van der Waals surface area contributed by atoms with E-state index < -0.39 is 0 Å². The van der Waals surface area contributed by atoms with Gasteiger partial charge in [-0.2, -0.15) is 5.10 Å². The molecule has 0 N–H and O–H groups in total. The number of hydrogen-bond donors (Lipinski definition) is 0. The van der Waals surface area contributed by atoms with Crippen LogP contribution in [0.3, 0.4) is 0 Å². The quantitative estimate of drug-likeness (QED) is 0.432. The summed E-state index contributed by atoms with van der Waals surface area (Å²) in [7, 11) is 0. The first-order chi connectivity index (χ1) is 14.5. The lowest BCUT2D eigenvalue weighted by molar-refractivity contribution is 0.0972. The molecule has 154 valence electrons. The molecule has 7 heteroatoms. The average Bonchev–Trinajstić information content (AvgIpc) is 3.35. The van der Waals surface area contributed by atoms with Crippen LogP contribution in [-0.4, -0.2) is 25.7 Å². The number of benzene rings is 1. The number of amides is 1. The highest BCUT2D eigenvalue weighted by atomic mass is 32.1. The number of carbonyl (C=O) groups excluding carboxylic acids is 1. The van der Waals surface area contributed by atoms with Gasteiger partial charge in [0.25, 0.3) is 5.91 Å². The highest BCUT2D eigenvalue weighted by molar-refractivity contribution is 7.22. The van der Waals surface area contributed by atoms with Crippen LogP contribution in [-0.2, 0) is 13.0 Å². The van der Waals surface area contributed by atoms with Crippen molar-refractivity contribution in [1.29, 1.82) is 0 Å². The number of fused-ring (bicyclic) bond motifs is 1. The van der Waals surface area contributed by atoms with Gasteiger partial charge in [-0.15, -0.1) is 0 Å². The van der Waals surface area contributed by atoms with Gasteiger partial charge in [-0.3, -0.25) is 19.4 Å². The van der Waals surface area contributed by atoms with Gasteiger partial charge < -0.3 is 0 Å². The normalized spacial score (nSPS) is 11.4. The first kappa shape index (κ1) is 20.2. The molecule has 0 bridgehead atoms. The van der Waals surface area contributed by atoms with E-state index >= 15 is 0 Å². The maximum atomic E-state index is 13.7. The van der Waals surface area contributed by atoms with Crippen molar-refractivity contribution in [3.8, 4) is 0 Å². The fourth-order valence-corrected chi connectivity index (χ4v) is 4.41. The highest BCUT2D eigenvalue weighted by Crippen LogP contribution is 2.32. The minimum absolute atomic E-state index is 0.0804. The highest BCUT2D eigenvalue weighted by Gasteiger charge is 2.26. The van der Waals surface area contributed by atoms with Crippen molar-refractivity contribution >= 4 is 32.6 Å². The van der Waals surface area contributed by atoms with Crippen LogP contribution < -0.4 is 4.90 Å². The molecule has 0 aliphatic rings. The Kier molecular flexibility index (Phi) is 5.63. The summed E-state index contributed by atoms with van der Waals surface area (Å²) in [4.78, 5) is 24.6. The van der Waals surface area contributed by atoms with Gasteiger partial charge in [-0.1, -0.05) is 30.4 Å². The number of aryl methyl sites for hydroxylation is 2. The molecular weight excluding hydrogens is 394 g/mol. The molecule has 4 rings (SSSR count). The molecule has 3 aromatic heterocycles. The molecule has 4 aromatic rings. The monoisotopic (exact) mass is 419 g/mol. The molecule has 6 nitrogen and oxygen atoms in total. The lowest BCUT2D eigenvalue weighted by Gasteiger charge is -2.21. The molecule has 3 heterocycles. The lowest BCUT2D eigenvalue weighted by atomic mass is 10.2. The van der Waals surface area contributed by atoms with Gasteiger partial charge in [0.2, 0.25) is 0 Å². The Hall–Kier alpha value is -3.06. The van der Waals surface area contributed by atoms with Gasteiger partial charge in [0, 0.05) is 12.2 Å². The Balaban J connectivity index is 1.79. The topological polar surface area (TPSA) is 63.9 Å². The second kappa shape index (κ2) is 8.36. The number of rotatable bonds is 6. The summed E-state index contributed by atoms with van der Waals surface area (Å²) in [6, 6.07) is 13.9. The summed E-state index contributed by atoms with van der Waals surface area (Å²) < 4.78 is 2.86. The average molecular weight is 420 g/mol. The third-order valence-corrected chi connectivity index (χ3v) is 5.98. The van der Waals surface area contributed by atoms with Crippen LogP contribution in [0.5, 0.6) is 0 Å². The van der Waals surface area contributed by atoms with Gasteiger partial charge in [0.1, 0.15) is 5.69 Å². The van der Waals surface area contributed by atoms with Crippen LogP contribution in [0, 0.1) is 6.92 Å². The molecule has 0 saturated heterocycles. The molecule has 0 saturated carbocycles. The van der Waals surface area contributed by atoms with Crippen LogP contribution in [0.1, 0.15) is 54.3 Å². The molecule has 0 unspecified atom stereocenters. The fraction of sp³-hybridized carbons (Fsp3) is 0.304. The van der Waals surface area contributed by atoms with E-state index in [9.17, 15) is 4.79 Å². The van der Waals surface area contributed by atoms with E-state index in [0.29, 0.717) is 17.4 Å². The summed E-state index contributed by atoms with van der Waals surface area (Å²) in [6.07, 6.45) is 2.71. The van der Waals surface area contributed by atoms with Crippen LogP contribution in [0.25, 0.3) is 10.2 Å². The SMILES string of the molecule is CCc1ccc2nc(N(Cc3ccccn3)C(=O)c3cc(C)nn3C(C)C)sc2c1. The Bertz CT molecular complexity index is 1180. The van der Waals surface area contributed by atoms with Gasteiger partial charge in [0.15, 0.2) is 5.13 Å². The van der Waals surface area contributed by atoms with Crippen molar-refractivity contribution in [1.82, 2.24) is 19.7 Å². The van der Waals surface area contributed by atoms with Crippen molar-refractivity contribution in [3.63, 3.8) is 0 Å². The van der Waals surface area contributed by atoms with Crippen molar-refractivity contribution in [2.45, 2.75) is 46.7 Å².